The van der Waals surface area contributed by atoms with Crippen LogP contribution in [0.1, 0.15) is 6.92 Å². The number of benzene rings is 1. The van der Waals surface area contributed by atoms with Crippen LogP contribution in [0.15, 0.2) is 52.7 Å². The summed E-state index contributed by atoms with van der Waals surface area (Å²) in [5.41, 5.74) is 1.04. The highest BCUT2D eigenvalue weighted by Crippen LogP contribution is 2.16. The van der Waals surface area contributed by atoms with Crippen molar-refractivity contribution >= 4 is 22.9 Å². The summed E-state index contributed by atoms with van der Waals surface area (Å²) in [5, 5.41) is 0. The summed E-state index contributed by atoms with van der Waals surface area (Å²) in [4.78, 5) is 22.1. The third kappa shape index (κ3) is 2.85. The van der Waals surface area contributed by atoms with Crippen molar-refractivity contribution in [2.24, 2.45) is 0 Å². The van der Waals surface area contributed by atoms with Crippen molar-refractivity contribution < 1.29 is 0 Å². The van der Waals surface area contributed by atoms with Crippen LogP contribution in [-0.2, 0) is 13.1 Å². The van der Waals surface area contributed by atoms with Crippen molar-refractivity contribution in [3.05, 3.63) is 53.3 Å². The second kappa shape index (κ2) is 6.13. The molecule has 0 aliphatic carbocycles. The molecular formula is C15H16N4OS. The minimum absolute atomic E-state index is 0.0686. The molecule has 0 aliphatic heterocycles. The normalized spacial score (nSPS) is 11.1. The zero-order valence-corrected chi connectivity index (χ0v) is 12.6. The van der Waals surface area contributed by atoms with Crippen molar-refractivity contribution in [3.8, 4) is 0 Å². The van der Waals surface area contributed by atoms with Gasteiger partial charge in [0.1, 0.15) is 6.33 Å². The summed E-state index contributed by atoms with van der Waals surface area (Å²) < 4.78 is 3.51. The number of hydrogen-bond donors (Lipinski definition) is 0. The van der Waals surface area contributed by atoms with Crippen LogP contribution in [-0.4, -0.2) is 24.9 Å². The lowest BCUT2D eigenvalue weighted by Gasteiger charge is -2.05. The van der Waals surface area contributed by atoms with Crippen LogP contribution >= 0.6 is 11.8 Å². The molecule has 108 valence electrons. The molecule has 0 spiro atoms. The van der Waals surface area contributed by atoms with Gasteiger partial charge in [-0.05, 0) is 19.1 Å². The largest absolute Gasteiger partial charge is 0.315 e. The fraction of sp³-hybridized carbons (Fsp3) is 0.267. The molecule has 0 radical (unpaired) electrons. The number of aromatic nitrogens is 4. The highest BCUT2D eigenvalue weighted by Gasteiger charge is 2.09. The van der Waals surface area contributed by atoms with Crippen LogP contribution in [0.5, 0.6) is 0 Å². The van der Waals surface area contributed by atoms with E-state index >= 15 is 0 Å². The maximum Gasteiger partial charge on any atom is 0.281 e. The first kappa shape index (κ1) is 13.9. The van der Waals surface area contributed by atoms with Gasteiger partial charge >= 0.3 is 0 Å². The first-order chi connectivity index (χ1) is 10.3. The van der Waals surface area contributed by atoms with Crippen LogP contribution in [0, 0.1) is 0 Å². The summed E-state index contributed by atoms with van der Waals surface area (Å²) in [6.45, 7) is 3.39. The average Bonchev–Trinajstić information content (AvgIpc) is 2.94. The number of nitrogens with zero attached hydrogens (tertiary/aromatic N) is 4. The van der Waals surface area contributed by atoms with Crippen LogP contribution in [0.4, 0.5) is 0 Å². The number of aryl methyl sites for hydroxylation is 2. The van der Waals surface area contributed by atoms with E-state index in [9.17, 15) is 4.79 Å². The van der Waals surface area contributed by atoms with E-state index in [1.807, 2.05) is 29.7 Å². The molecule has 0 atom stereocenters. The minimum atomic E-state index is -0.0686. The predicted octanol–water partition coefficient (Wildman–Crippen LogP) is 2.41. The lowest BCUT2D eigenvalue weighted by Crippen LogP contribution is -2.22. The van der Waals surface area contributed by atoms with E-state index in [4.69, 9.17) is 0 Å². The Morgan fingerprint density at radius 1 is 1.10 bits per heavy atom. The molecule has 2 aromatic heterocycles. The van der Waals surface area contributed by atoms with E-state index in [-0.39, 0.29) is 5.56 Å². The summed E-state index contributed by atoms with van der Waals surface area (Å²) in [5.74, 6) is 0.825. The predicted molar refractivity (Wildman–Crippen MR) is 84.6 cm³/mol. The molecule has 3 aromatic rings. The molecule has 0 aliphatic rings. The second-order valence-corrected chi connectivity index (χ2v) is 5.78. The fourth-order valence-electron chi connectivity index (χ4n) is 2.14. The van der Waals surface area contributed by atoms with Gasteiger partial charge in [-0.25, -0.2) is 9.97 Å². The highest BCUT2D eigenvalue weighted by atomic mass is 32.2. The van der Waals surface area contributed by atoms with Crippen molar-refractivity contribution in [1.29, 1.82) is 0 Å². The summed E-state index contributed by atoms with van der Waals surface area (Å²) in [6.07, 6.45) is 3.28. The molecule has 2 heterocycles. The van der Waals surface area contributed by atoms with Gasteiger partial charge in [-0.15, -0.1) is 11.8 Å². The van der Waals surface area contributed by atoms with E-state index in [1.54, 1.807) is 29.0 Å². The summed E-state index contributed by atoms with van der Waals surface area (Å²) >= 11 is 1.73. The first-order valence-electron chi connectivity index (χ1n) is 6.87. The average molecular weight is 300 g/mol. The van der Waals surface area contributed by atoms with Crippen molar-refractivity contribution in [2.45, 2.75) is 24.9 Å². The van der Waals surface area contributed by atoms with Crippen molar-refractivity contribution in [1.82, 2.24) is 19.1 Å². The minimum Gasteiger partial charge on any atom is -0.315 e. The number of imidazole rings is 1. The first-order valence-corrected chi connectivity index (χ1v) is 7.86. The van der Waals surface area contributed by atoms with Gasteiger partial charge in [-0.3, -0.25) is 9.36 Å². The van der Waals surface area contributed by atoms with Gasteiger partial charge in [-0.2, -0.15) is 0 Å². The van der Waals surface area contributed by atoms with Gasteiger partial charge in [0.15, 0.2) is 11.2 Å². The Balaban J connectivity index is 1.76. The second-order valence-electron chi connectivity index (χ2n) is 4.61. The molecule has 0 fully saturated rings. The Bertz CT molecular complexity index is 794. The quantitative estimate of drug-likeness (QED) is 0.679. The van der Waals surface area contributed by atoms with Gasteiger partial charge in [-0.1, -0.05) is 18.2 Å². The molecule has 0 saturated carbocycles. The van der Waals surface area contributed by atoms with E-state index in [1.165, 1.54) is 4.90 Å². The molecule has 0 amide bonds. The SMILES string of the molecule is CCn1cnc2c(=O)n(CCSc3ccccc3)cnc21. The summed E-state index contributed by atoms with van der Waals surface area (Å²) in [6, 6.07) is 10.2. The van der Waals surface area contributed by atoms with Crippen molar-refractivity contribution in [3.63, 3.8) is 0 Å². The Hall–Kier alpha value is -2.08. The smallest absolute Gasteiger partial charge is 0.281 e. The number of hydrogen-bond acceptors (Lipinski definition) is 4. The van der Waals surface area contributed by atoms with Gasteiger partial charge in [0.2, 0.25) is 0 Å². The van der Waals surface area contributed by atoms with Gasteiger partial charge in [0.25, 0.3) is 5.56 Å². The Morgan fingerprint density at radius 3 is 2.62 bits per heavy atom. The van der Waals surface area contributed by atoms with Crippen LogP contribution in [0.3, 0.4) is 0 Å². The summed E-state index contributed by atoms with van der Waals surface area (Å²) in [7, 11) is 0. The molecular weight excluding hydrogens is 284 g/mol. The van der Waals surface area contributed by atoms with Crippen LogP contribution in [0.2, 0.25) is 0 Å². The fourth-order valence-corrected chi connectivity index (χ4v) is 3.02. The Morgan fingerprint density at radius 2 is 1.86 bits per heavy atom. The van der Waals surface area contributed by atoms with E-state index < -0.39 is 0 Å². The van der Waals surface area contributed by atoms with Crippen LogP contribution < -0.4 is 5.56 Å². The molecule has 0 N–H and O–H groups in total. The molecule has 0 unspecified atom stereocenters. The zero-order chi connectivity index (χ0) is 14.7. The Labute approximate surface area is 126 Å². The Kier molecular flexibility index (Phi) is 4.06. The molecule has 6 heteroatoms. The van der Waals surface area contributed by atoms with Gasteiger partial charge in [0, 0.05) is 23.7 Å². The van der Waals surface area contributed by atoms with Gasteiger partial charge < -0.3 is 4.57 Å². The molecule has 0 saturated heterocycles. The third-order valence-electron chi connectivity index (χ3n) is 3.28. The van der Waals surface area contributed by atoms with E-state index in [2.05, 4.69) is 22.1 Å². The van der Waals surface area contributed by atoms with Crippen LogP contribution in [0.25, 0.3) is 11.2 Å². The monoisotopic (exact) mass is 300 g/mol. The molecule has 5 nitrogen and oxygen atoms in total. The standard InChI is InChI=1S/C15H16N4OS/c1-2-18-10-16-13-14(18)17-11-19(15(13)20)8-9-21-12-6-4-3-5-7-12/h3-7,10-11H,2,8-9H2,1H3. The molecule has 0 bridgehead atoms. The molecule has 21 heavy (non-hydrogen) atoms. The third-order valence-corrected chi connectivity index (χ3v) is 4.27. The molecule has 1 aromatic carbocycles. The maximum atomic E-state index is 12.3. The van der Waals surface area contributed by atoms with E-state index in [0.717, 1.165) is 12.3 Å². The number of fused-ring (bicyclic) bond motifs is 1. The molecule has 3 rings (SSSR count). The zero-order valence-electron chi connectivity index (χ0n) is 11.8. The van der Waals surface area contributed by atoms with E-state index in [0.29, 0.717) is 17.7 Å². The number of thioether (sulfide) groups is 1. The lowest BCUT2D eigenvalue weighted by molar-refractivity contribution is 0.716. The van der Waals surface area contributed by atoms with Gasteiger partial charge in [0.05, 0.1) is 6.33 Å². The highest BCUT2D eigenvalue weighted by molar-refractivity contribution is 7.99. The number of rotatable bonds is 5. The maximum absolute atomic E-state index is 12.3. The van der Waals surface area contributed by atoms with Crippen molar-refractivity contribution in [2.75, 3.05) is 5.75 Å². The lowest BCUT2D eigenvalue weighted by atomic mass is 10.4. The topological polar surface area (TPSA) is 52.7 Å².